The fourth-order valence-corrected chi connectivity index (χ4v) is 1.53. The van der Waals surface area contributed by atoms with Crippen LogP contribution in [0.25, 0.3) is 0 Å². The van der Waals surface area contributed by atoms with E-state index in [1.807, 2.05) is 6.07 Å². The van der Waals surface area contributed by atoms with Crippen LogP contribution in [0.1, 0.15) is 25.0 Å². The third-order valence-electron chi connectivity index (χ3n) is 2.69. The summed E-state index contributed by atoms with van der Waals surface area (Å²) in [5.74, 6) is 0. The predicted molar refractivity (Wildman–Crippen MR) is 86.9 cm³/mol. The first kappa shape index (κ1) is 17.2. The maximum Gasteiger partial charge on any atom is 0.172 e. The molecule has 0 bridgehead atoms. The van der Waals surface area contributed by atoms with Gasteiger partial charge in [0.25, 0.3) is 0 Å². The summed E-state index contributed by atoms with van der Waals surface area (Å²) in [6.07, 6.45) is 2.16. The first-order chi connectivity index (χ1) is 10.6. The van der Waals surface area contributed by atoms with Gasteiger partial charge in [0.1, 0.15) is 19.9 Å². The summed E-state index contributed by atoms with van der Waals surface area (Å²) in [7, 11) is 2.85. The molecule has 7 nitrogen and oxygen atoms in total. The zero-order valence-electron chi connectivity index (χ0n) is 13.0. The Hall–Kier alpha value is -2.83. The lowest BCUT2D eigenvalue weighted by Gasteiger charge is -2.02. The molecule has 0 saturated heterocycles. The van der Waals surface area contributed by atoms with Gasteiger partial charge in [0.2, 0.25) is 0 Å². The van der Waals surface area contributed by atoms with Gasteiger partial charge in [-0.15, -0.1) is 0 Å². The summed E-state index contributed by atoms with van der Waals surface area (Å²) in [6, 6.07) is 7.18. The lowest BCUT2D eigenvalue weighted by atomic mass is 10.0. The Morgan fingerprint density at radius 2 is 1.73 bits per heavy atom. The van der Waals surface area contributed by atoms with Gasteiger partial charge in [-0.05, 0) is 13.8 Å². The minimum atomic E-state index is 0.183. The molecule has 7 heteroatoms. The van der Waals surface area contributed by atoms with Crippen LogP contribution in [-0.4, -0.2) is 43.9 Å². The van der Waals surface area contributed by atoms with Crippen molar-refractivity contribution in [1.82, 2.24) is 0 Å². The maximum absolute atomic E-state index is 11.1. The molecule has 0 spiro atoms. The second-order valence-corrected chi connectivity index (χ2v) is 4.15. The van der Waals surface area contributed by atoms with Crippen molar-refractivity contribution in [2.75, 3.05) is 14.2 Å². The number of aldehydes is 1. The van der Waals surface area contributed by atoms with Gasteiger partial charge in [-0.1, -0.05) is 34.6 Å². The number of carbonyl (C=O) groups is 1. The number of oxime groups is 2. The van der Waals surface area contributed by atoms with E-state index in [0.717, 1.165) is 0 Å². The van der Waals surface area contributed by atoms with E-state index >= 15 is 0 Å². The molecule has 0 N–H and O–H groups in total. The van der Waals surface area contributed by atoms with Crippen LogP contribution < -0.4 is 0 Å². The van der Waals surface area contributed by atoms with Gasteiger partial charge >= 0.3 is 0 Å². The van der Waals surface area contributed by atoms with Crippen molar-refractivity contribution in [3.05, 3.63) is 35.4 Å². The van der Waals surface area contributed by atoms with E-state index in [0.29, 0.717) is 28.8 Å². The SMILES string of the molecule is CO/N=C(C)/C(C)=N/N=C/c1ccccc1/C(C=O)=N\OC. The molecule has 0 saturated carbocycles. The van der Waals surface area contributed by atoms with Crippen molar-refractivity contribution in [3.63, 3.8) is 0 Å². The molecule has 0 heterocycles. The number of benzene rings is 1. The topological polar surface area (TPSA) is 85.0 Å². The fourth-order valence-electron chi connectivity index (χ4n) is 1.53. The Bertz CT molecular complexity index is 633. The molecule has 0 aliphatic rings. The molecule has 0 atom stereocenters. The average molecular weight is 302 g/mol. The minimum Gasteiger partial charge on any atom is -0.399 e. The Morgan fingerprint density at radius 1 is 1.05 bits per heavy atom. The van der Waals surface area contributed by atoms with Crippen molar-refractivity contribution < 1.29 is 14.5 Å². The second-order valence-electron chi connectivity index (χ2n) is 4.15. The standard InChI is InChI=1S/C15H18N4O3/c1-11(12(2)18-21-3)17-16-9-13-7-5-6-8-14(13)15(10-20)19-22-4/h5-10H,1-4H3/b16-9+,17-11+,18-12+,19-15-. The Labute approximate surface area is 129 Å². The summed E-state index contributed by atoms with van der Waals surface area (Å²) in [4.78, 5) is 20.4. The van der Waals surface area contributed by atoms with Gasteiger partial charge < -0.3 is 9.68 Å². The normalized spacial score (nSPS) is 13.4. The predicted octanol–water partition coefficient (Wildman–Crippen LogP) is 2.05. The zero-order valence-corrected chi connectivity index (χ0v) is 13.0. The summed E-state index contributed by atoms with van der Waals surface area (Å²) in [5.41, 5.74) is 2.74. The number of hydrogen-bond donors (Lipinski definition) is 0. The number of carbonyl (C=O) groups excluding carboxylic acids is 1. The van der Waals surface area contributed by atoms with Crippen molar-refractivity contribution in [2.24, 2.45) is 20.5 Å². The Kier molecular flexibility index (Phi) is 7.18. The third kappa shape index (κ3) is 4.93. The van der Waals surface area contributed by atoms with Crippen LogP contribution in [0.2, 0.25) is 0 Å². The highest BCUT2D eigenvalue weighted by atomic mass is 16.6. The fraction of sp³-hybridized carbons (Fsp3) is 0.267. The van der Waals surface area contributed by atoms with E-state index < -0.39 is 0 Å². The molecule has 0 unspecified atom stereocenters. The molecule has 22 heavy (non-hydrogen) atoms. The Morgan fingerprint density at radius 3 is 2.36 bits per heavy atom. The van der Waals surface area contributed by atoms with E-state index in [9.17, 15) is 4.79 Å². The summed E-state index contributed by atoms with van der Waals surface area (Å²) in [6.45, 7) is 3.53. The smallest absolute Gasteiger partial charge is 0.172 e. The molecule has 1 aromatic carbocycles. The van der Waals surface area contributed by atoms with Gasteiger partial charge in [-0.3, -0.25) is 4.79 Å². The highest BCUT2D eigenvalue weighted by Crippen LogP contribution is 2.08. The molecule has 0 aliphatic heterocycles. The van der Waals surface area contributed by atoms with Crippen LogP contribution in [0.15, 0.2) is 44.8 Å². The van der Waals surface area contributed by atoms with Crippen LogP contribution >= 0.6 is 0 Å². The molecule has 116 valence electrons. The monoisotopic (exact) mass is 302 g/mol. The van der Waals surface area contributed by atoms with Gasteiger partial charge in [-0.25, -0.2) is 0 Å². The van der Waals surface area contributed by atoms with Gasteiger partial charge in [0.05, 0.1) is 17.6 Å². The average Bonchev–Trinajstić information content (AvgIpc) is 2.53. The van der Waals surface area contributed by atoms with Crippen molar-refractivity contribution in [1.29, 1.82) is 0 Å². The van der Waals surface area contributed by atoms with E-state index in [1.54, 1.807) is 32.0 Å². The van der Waals surface area contributed by atoms with Crippen LogP contribution in [-0.2, 0) is 14.5 Å². The summed E-state index contributed by atoms with van der Waals surface area (Å²) < 4.78 is 0. The van der Waals surface area contributed by atoms with E-state index in [-0.39, 0.29) is 5.71 Å². The third-order valence-corrected chi connectivity index (χ3v) is 2.69. The molecule has 1 aromatic rings. The molecule has 0 aliphatic carbocycles. The largest absolute Gasteiger partial charge is 0.399 e. The number of nitrogens with zero attached hydrogens (tertiary/aromatic N) is 4. The van der Waals surface area contributed by atoms with Gasteiger partial charge in [0, 0.05) is 11.1 Å². The lowest BCUT2D eigenvalue weighted by molar-refractivity contribution is -0.102. The van der Waals surface area contributed by atoms with E-state index in [4.69, 9.17) is 0 Å². The van der Waals surface area contributed by atoms with Gasteiger partial charge in [0.15, 0.2) is 6.29 Å². The molecule has 1 rings (SSSR count). The zero-order chi connectivity index (χ0) is 16.4. The summed E-state index contributed by atoms with van der Waals surface area (Å²) >= 11 is 0. The molecule has 0 radical (unpaired) electrons. The Balaban J connectivity index is 3.07. The molecule has 0 fully saturated rings. The van der Waals surface area contributed by atoms with Crippen molar-refractivity contribution in [2.45, 2.75) is 13.8 Å². The first-order valence-electron chi connectivity index (χ1n) is 6.45. The van der Waals surface area contributed by atoms with E-state index in [1.165, 1.54) is 20.4 Å². The van der Waals surface area contributed by atoms with Crippen LogP contribution in [0.3, 0.4) is 0 Å². The van der Waals surface area contributed by atoms with Crippen LogP contribution in [0, 0.1) is 0 Å². The molecular formula is C15H18N4O3. The lowest BCUT2D eigenvalue weighted by Crippen LogP contribution is -2.07. The van der Waals surface area contributed by atoms with Crippen LogP contribution in [0.5, 0.6) is 0 Å². The minimum absolute atomic E-state index is 0.183. The highest BCUT2D eigenvalue weighted by molar-refractivity contribution is 6.40. The van der Waals surface area contributed by atoms with Crippen molar-refractivity contribution in [3.8, 4) is 0 Å². The molecule has 0 amide bonds. The van der Waals surface area contributed by atoms with Crippen LogP contribution in [0.4, 0.5) is 0 Å². The summed E-state index contributed by atoms with van der Waals surface area (Å²) in [5, 5.41) is 15.5. The quantitative estimate of drug-likeness (QED) is 0.439. The van der Waals surface area contributed by atoms with Gasteiger partial charge in [-0.2, -0.15) is 10.2 Å². The highest BCUT2D eigenvalue weighted by Gasteiger charge is 2.07. The first-order valence-corrected chi connectivity index (χ1v) is 6.45. The maximum atomic E-state index is 11.1. The van der Waals surface area contributed by atoms with Crippen molar-refractivity contribution >= 4 is 29.6 Å². The second kappa shape index (κ2) is 9.17. The molecular weight excluding hydrogens is 284 g/mol. The number of hydrogen-bond acceptors (Lipinski definition) is 7. The van der Waals surface area contributed by atoms with E-state index in [2.05, 4.69) is 30.2 Å². The molecule has 0 aromatic heterocycles. The number of rotatable bonds is 7.